The Morgan fingerprint density at radius 3 is 2.96 bits per heavy atom. The molecule has 0 bridgehead atoms. The molecule has 128 valence electrons. The first-order valence-electron chi connectivity index (χ1n) is 7.21. The molecule has 2 aliphatic heterocycles. The normalized spacial score (nSPS) is 22.2. The van der Waals surface area contributed by atoms with Crippen molar-refractivity contribution in [2.75, 3.05) is 12.3 Å². The third-order valence-electron chi connectivity index (χ3n) is 3.66. The van der Waals surface area contributed by atoms with E-state index in [4.69, 9.17) is 17.0 Å². The van der Waals surface area contributed by atoms with Gasteiger partial charge in [-0.2, -0.15) is 0 Å². The Kier molecular flexibility index (Phi) is 4.69. The van der Waals surface area contributed by atoms with Crippen LogP contribution in [0.25, 0.3) is 6.08 Å². The van der Waals surface area contributed by atoms with Crippen molar-refractivity contribution in [1.82, 2.24) is 4.90 Å². The van der Waals surface area contributed by atoms with Gasteiger partial charge in [-0.1, -0.05) is 30.0 Å². The van der Waals surface area contributed by atoms with Gasteiger partial charge in [0, 0.05) is 13.0 Å². The molecule has 24 heavy (non-hydrogen) atoms. The van der Waals surface area contributed by atoms with Crippen molar-refractivity contribution in [3.05, 3.63) is 34.2 Å². The Morgan fingerprint density at radius 2 is 2.25 bits per heavy atom. The van der Waals surface area contributed by atoms with E-state index in [0.29, 0.717) is 4.91 Å². The second-order valence-electron chi connectivity index (χ2n) is 5.59. The molecule has 1 atom stereocenters. The van der Waals surface area contributed by atoms with Gasteiger partial charge in [-0.3, -0.25) is 9.69 Å². The summed E-state index contributed by atoms with van der Waals surface area (Å²) in [5, 5.41) is 0. The molecule has 1 amide bonds. The number of hydrogen-bond donors (Lipinski definition) is 0. The minimum atomic E-state index is -4.39. The molecule has 0 aromatic heterocycles. The molecule has 0 unspecified atom stereocenters. The Balaban J connectivity index is 1.78. The lowest BCUT2D eigenvalue weighted by Gasteiger charge is -2.15. The van der Waals surface area contributed by atoms with Gasteiger partial charge in [0.15, 0.2) is 0 Å². The van der Waals surface area contributed by atoms with Crippen LogP contribution >= 0.6 is 24.0 Å². The quantitative estimate of drug-likeness (QED) is 0.444. The summed E-state index contributed by atoms with van der Waals surface area (Å²) in [7, 11) is -4.39. The van der Waals surface area contributed by atoms with Gasteiger partial charge in [-0.05, 0) is 36.3 Å². The molecule has 3 rings (SSSR count). The zero-order chi connectivity index (χ0) is 17.5. The van der Waals surface area contributed by atoms with Crippen molar-refractivity contribution >= 4 is 50.4 Å². The Hall–Kier alpha value is -1.42. The smallest absolute Gasteiger partial charge is 0.266 e. The predicted molar refractivity (Wildman–Crippen MR) is 94.7 cm³/mol. The number of rotatable bonds is 4. The molecule has 0 aliphatic carbocycles. The second-order valence-corrected chi connectivity index (χ2v) is 8.79. The number of carbonyl (C=O) groups excluding carboxylic acids is 1. The lowest BCUT2D eigenvalue weighted by molar-refractivity contribution is -0.121. The van der Waals surface area contributed by atoms with Crippen LogP contribution in [0.2, 0.25) is 0 Å². The van der Waals surface area contributed by atoms with Gasteiger partial charge in [-0.15, -0.1) is 0 Å². The Bertz CT molecular complexity index is 847. The van der Waals surface area contributed by atoms with E-state index in [2.05, 4.69) is 0 Å². The summed E-state index contributed by atoms with van der Waals surface area (Å²) < 4.78 is 38.1. The van der Waals surface area contributed by atoms with E-state index in [1.165, 1.54) is 0 Å². The molecule has 0 N–H and O–H groups in total. The SMILES string of the molecule is C[C@H]1Cc2cc(/C=C3/SC(=S)N(CCS(=O)(=O)[O-])C3=O)ccc2O1. The van der Waals surface area contributed by atoms with Crippen LogP contribution in [0, 0.1) is 0 Å². The zero-order valence-corrected chi connectivity index (χ0v) is 15.2. The highest BCUT2D eigenvalue weighted by molar-refractivity contribution is 8.26. The summed E-state index contributed by atoms with van der Waals surface area (Å²) >= 11 is 6.21. The summed E-state index contributed by atoms with van der Waals surface area (Å²) in [5.41, 5.74) is 1.94. The van der Waals surface area contributed by atoms with Crippen LogP contribution in [-0.4, -0.2) is 46.5 Å². The molecule has 2 heterocycles. The minimum Gasteiger partial charge on any atom is -0.748 e. The number of nitrogens with zero attached hydrogens (tertiary/aromatic N) is 1. The zero-order valence-electron chi connectivity index (χ0n) is 12.7. The van der Waals surface area contributed by atoms with Crippen molar-refractivity contribution in [2.24, 2.45) is 0 Å². The topological polar surface area (TPSA) is 86.7 Å². The van der Waals surface area contributed by atoms with Gasteiger partial charge in [0.05, 0.1) is 20.8 Å². The first-order chi connectivity index (χ1) is 11.2. The minimum absolute atomic E-state index is 0.141. The van der Waals surface area contributed by atoms with Crippen molar-refractivity contribution < 1.29 is 22.5 Å². The number of fused-ring (bicyclic) bond motifs is 1. The summed E-state index contributed by atoms with van der Waals surface area (Å²) in [5.74, 6) is -0.174. The van der Waals surface area contributed by atoms with E-state index >= 15 is 0 Å². The van der Waals surface area contributed by atoms with Crippen LogP contribution in [0.4, 0.5) is 0 Å². The van der Waals surface area contributed by atoms with Crippen LogP contribution in [-0.2, 0) is 21.3 Å². The maximum atomic E-state index is 12.4. The molecular formula is C15H14NO5S3-. The Morgan fingerprint density at radius 1 is 1.50 bits per heavy atom. The number of ether oxygens (including phenoxy) is 1. The van der Waals surface area contributed by atoms with Gasteiger partial charge < -0.3 is 9.29 Å². The van der Waals surface area contributed by atoms with Crippen LogP contribution in [0.15, 0.2) is 23.1 Å². The molecule has 1 saturated heterocycles. The molecule has 0 spiro atoms. The van der Waals surface area contributed by atoms with Gasteiger partial charge in [0.25, 0.3) is 5.91 Å². The number of benzene rings is 1. The third kappa shape index (κ3) is 3.80. The highest BCUT2D eigenvalue weighted by atomic mass is 32.2. The van der Waals surface area contributed by atoms with E-state index < -0.39 is 15.9 Å². The fourth-order valence-electron chi connectivity index (χ4n) is 2.58. The van der Waals surface area contributed by atoms with Gasteiger partial charge in [0.1, 0.15) is 16.2 Å². The maximum Gasteiger partial charge on any atom is 0.266 e. The summed E-state index contributed by atoms with van der Waals surface area (Å²) in [6.07, 6.45) is 2.68. The van der Waals surface area contributed by atoms with Crippen LogP contribution in [0.1, 0.15) is 18.1 Å². The standard InChI is InChI=1S/C15H15NO5S3/c1-9-6-11-7-10(2-3-12(11)21-9)8-13-14(17)16(15(22)23-13)4-5-24(18,19)20/h2-3,7-9H,4-6H2,1H3,(H,18,19,20)/p-1/b13-8+/t9-/m0/s1. The maximum absolute atomic E-state index is 12.4. The molecule has 1 fully saturated rings. The van der Waals surface area contributed by atoms with Crippen molar-refractivity contribution in [2.45, 2.75) is 19.4 Å². The van der Waals surface area contributed by atoms with Crippen LogP contribution < -0.4 is 4.74 Å². The lowest BCUT2D eigenvalue weighted by Crippen LogP contribution is -2.32. The van der Waals surface area contributed by atoms with E-state index in [1.807, 2.05) is 25.1 Å². The first kappa shape index (κ1) is 17.4. The lowest BCUT2D eigenvalue weighted by atomic mass is 10.1. The van der Waals surface area contributed by atoms with E-state index in [0.717, 1.165) is 40.0 Å². The van der Waals surface area contributed by atoms with Crippen LogP contribution in [0.3, 0.4) is 0 Å². The molecule has 0 saturated carbocycles. The summed E-state index contributed by atoms with van der Waals surface area (Å²) in [6, 6.07) is 5.69. The summed E-state index contributed by atoms with van der Waals surface area (Å²) in [6.45, 7) is 1.78. The van der Waals surface area contributed by atoms with Gasteiger partial charge >= 0.3 is 0 Å². The predicted octanol–water partition coefficient (Wildman–Crippen LogP) is 1.76. The molecule has 2 aliphatic rings. The average molecular weight is 384 g/mol. The van der Waals surface area contributed by atoms with Gasteiger partial charge in [-0.25, -0.2) is 8.42 Å². The number of thioether (sulfide) groups is 1. The van der Waals surface area contributed by atoms with Crippen molar-refractivity contribution in [1.29, 1.82) is 0 Å². The number of thiocarbonyl (C=S) groups is 1. The fraction of sp³-hybridized carbons (Fsp3) is 0.333. The number of hydrogen-bond acceptors (Lipinski definition) is 7. The van der Waals surface area contributed by atoms with E-state index in [-0.39, 0.29) is 22.9 Å². The fourth-order valence-corrected chi connectivity index (χ4v) is 4.29. The Labute approximate surface area is 149 Å². The highest BCUT2D eigenvalue weighted by Gasteiger charge is 2.32. The van der Waals surface area contributed by atoms with Crippen molar-refractivity contribution in [3.8, 4) is 5.75 Å². The molecule has 1 aromatic carbocycles. The third-order valence-corrected chi connectivity index (χ3v) is 5.72. The second kappa shape index (κ2) is 6.47. The van der Waals surface area contributed by atoms with Crippen molar-refractivity contribution in [3.63, 3.8) is 0 Å². The molecule has 9 heteroatoms. The number of amides is 1. The largest absolute Gasteiger partial charge is 0.748 e. The highest BCUT2D eigenvalue weighted by Crippen LogP contribution is 2.34. The van der Waals surface area contributed by atoms with E-state index in [1.54, 1.807) is 6.08 Å². The molecule has 0 radical (unpaired) electrons. The monoisotopic (exact) mass is 384 g/mol. The van der Waals surface area contributed by atoms with E-state index in [9.17, 15) is 17.8 Å². The first-order valence-corrected chi connectivity index (χ1v) is 10.0. The average Bonchev–Trinajstić information content (AvgIpc) is 2.96. The van der Waals surface area contributed by atoms with Crippen LogP contribution in [0.5, 0.6) is 5.75 Å². The summed E-state index contributed by atoms with van der Waals surface area (Å²) in [4.78, 5) is 13.9. The van der Waals surface area contributed by atoms with Gasteiger partial charge in [0.2, 0.25) is 0 Å². The molecule has 1 aromatic rings. The number of carbonyl (C=O) groups is 1. The molecular weight excluding hydrogens is 370 g/mol. The molecule has 6 nitrogen and oxygen atoms in total.